The molecule has 0 saturated carbocycles. The van der Waals surface area contributed by atoms with Gasteiger partial charge in [-0.15, -0.1) is 0 Å². The molecule has 2 aromatic rings. The molecule has 5 nitrogen and oxygen atoms in total. The largest absolute Gasteiger partial charge is 0.451 e. The fraction of sp³-hybridized carbons (Fsp3) is 0.235. The zero-order valence-electron chi connectivity index (χ0n) is 12.3. The zero-order chi connectivity index (χ0) is 16.2. The molecule has 1 aliphatic rings. The van der Waals surface area contributed by atoms with E-state index in [2.05, 4.69) is 0 Å². The maximum atomic E-state index is 11.9. The summed E-state index contributed by atoms with van der Waals surface area (Å²) in [5.41, 5.74) is 0.757. The first kappa shape index (κ1) is 15.6. The lowest BCUT2D eigenvalue weighted by molar-refractivity contribution is -0.384. The van der Waals surface area contributed by atoms with Crippen molar-refractivity contribution in [3.63, 3.8) is 0 Å². The Labute approximate surface area is 137 Å². The predicted molar refractivity (Wildman–Crippen MR) is 87.3 cm³/mol. The van der Waals surface area contributed by atoms with E-state index < -0.39 is 4.92 Å². The second-order valence-electron chi connectivity index (χ2n) is 5.34. The number of carbonyl (C=O) groups excluding carboxylic acids is 1. The van der Waals surface area contributed by atoms with Crippen LogP contribution in [0, 0.1) is 10.1 Å². The van der Waals surface area contributed by atoms with E-state index in [9.17, 15) is 14.9 Å². The van der Waals surface area contributed by atoms with Crippen molar-refractivity contribution in [2.45, 2.75) is 29.1 Å². The Bertz CT molecular complexity index is 702. The van der Waals surface area contributed by atoms with Gasteiger partial charge in [0, 0.05) is 23.4 Å². The number of nitro groups is 1. The first-order valence-electron chi connectivity index (χ1n) is 7.27. The molecule has 0 amide bonds. The van der Waals surface area contributed by atoms with E-state index >= 15 is 0 Å². The quantitative estimate of drug-likeness (QED) is 0.479. The zero-order valence-corrected chi connectivity index (χ0v) is 13.1. The molecule has 6 heteroatoms. The van der Waals surface area contributed by atoms with E-state index in [0.717, 1.165) is 10.5 Å². The maximum Gasteiger partial charge on any atom is 0.307 e. The van der Waals surface area contributed by atoms with Crippen molar-refractivity contribution in [2.24, 2.45) is 0 Å². The molecule has 0 unspecified atom stereocenters. The molecule has 0 N–H and O–H groups in total. The van der Waals surface area contributed by atoms with Crippen LogP contribution in [0.15, 0.2) is 59.5 Å². The first-order chi connectivity index (χ1) is 11.1. The van der Waals surface area contributed by atoms with Gasteiger partial charge < -0.3 is 4.74 Å². The van der Waals surface area contributed by atoms with E-state index in [0.29, 0.717) is 12.8 Å². The fourth-order valence-corrected chi connectivity index (χ4v) is 3.71. The van der Waals surface area contributed by atoms with Crippen molar-refractivity contribution >= 4 is 23.4 Å². The van der Waals surface area contributed by atoms with Gasteiger partial charge in [0.25, 0.3) is 5.69 Å². The summed E-state index contributed by atoms with van der Waals surface area (Å²) in [6.45, 7) is 0. The molecule has 1 saturated heterocycles. The van der Waals surface area contributed by atoms with Gasteiger partial charge in [-0.05, 0) is 23.6 Å². The van der Waals surface area contributed by atoms with Gasteiger partial charge in [0.05, 0.1) is 11.3 Å². The third-order valence-electron chi connectivity index (χ3n) is 3.74. The van der Waals surface area contributed by atoms with Gasteiger partial charge in [0.1, 0.15) is 0 Å². The van der Waals surface area contributed by atoms with Gasteiger partial charge in [0.15, 0.2) is 5.44 Å². The molecule has 2 atom stereocenters. The minimum absolute atomic E-state index is 0.0262. The molecule has 0 aromatic heterocycles. The van der Waals surface area contributed by atoms with Crippen molar-refractivity contribution in [1.29, 1.82) is 0 Å². The van der Waals surface area contributed by atoms with Gasteiger partial charge in [-0.25, -0.2) is 0 Å². The second kappa shape index (κ2) is 6.83. The van der Waals surface area contributed by atoms with Crippen LogP contribution in [0.3, 0.4) is 0 Å². The number of hydrogen-bond acceptors (Lipinski definition) is 5. The number of nitrogens with zero attached hydrogens (tertiary/aromatic N) is 1. The summed E-state index contributed by atoms with van der Waals surface area (Å²) < 4.78 is 5.42. The monoisotopic (exact) mass is 329 g/mol. The second-order valence-corrected chi connectivity index (χ2v) is 6.57. The molecule has 3 rings (SSSR count). The Balaban J connectivity index is 1.72. The molecule has 1 heterocycles. The normalized spacial score (nSPS) is 20.8. The highest BCUT2D eigenvalue weighted by Gasteiger charge is 2.30. The number of nitro benzene ring substituents is 1. The number of cyclic esters (lactones) is 1. The van der Waals surface area contributed by atoms with Crippen LogP contribution >= 0.6 is 11.8 Å². The Hall–Kier alpha value is -2.34. The molecule has 118 valence electrons. The Kier molecular flexibility index (Phi) is 4.62. The van der Waals surface area contributed by atoms with Gasteiger partial charge in [-0.2, -0.15) is 0 Å². The van der Waals surface area contributed by atoms with E-state index in [1.165, 1.54) is 23.9 Å². The van der Waals surface area contributed by atoms with Crippen LogP contribution in [0.5, 0.6) is 0 Å². The summed E-state index contributed by atoms with van der Waals surface area (Å²) in [5.74, 6) is -0.202. The number of non-ortho nitro benzene ring substituents is 1. The lowest BCUT2D eigenvalue weighted by atomic mass is 9.91. The van der Waals surface area contributed by atoms with E-state index in [1.807, 2.05) is 30.3 Å². The molecule has 0 radical (unpaired) electrons. The van der Waals surface area contributed by atoms with Crippen LogP contribution < -0.4 is 0 Å². The van der Waals surface area contributed by atoms with Crippen LogP contribution in [0.4, 0.5) is 5.69 Å². The SMILES string of the molecule is O=C1C[C@H](c2ccc([N+](=O)[O-])cc2)C[C@H](Sc2ccccc2)O1. The fourth-order valence-electron chi connectivity index (χ4n) is 2.60. The smallest absolute Gasteiger partial charge is 0.307 e. The van der Waals surface area contributed by atoms with Crippen LogP contribution in [0.1, 0.15) is 24.3 Å². The number of carbonyl (C=O) groups is 1. The van der Waals surface area contributed by atoms with Crippen molar-refractivity contribution < 1.29 is 14.5 Å². The molecule has 0 bridgehead atoms. The van der Waals surface area contributed by atoms with Gasteiger partial charge in [-0.1, -0.05) is 42.1 Å². The maximum absolute atomic E-state index is 11.9. The molecular formula is C17H15NO4S. The predicted octanol–water partition coefficient (Wildman–Crippen LogP) is 4.13. The number of ether oxygens (including phenoxy) is 1. The van der Waals surface area contributed by atoms with Crippen LogP contribution in [0.25, 0.3) is 0 Å². The van der Waals surface area contributed by atoms with Gasteiger partial charge in [-0.3, -0.25) is 14.9 Å². The summed E-state index contributed by atoms with van der Waals surface area (Å²) in [6.07, 6.45) is 1.01. The molecule has 0 spiro atoms. The highest BCUT2D eigenvalue weighted by atomic mass is 32.2. The summed E-state index contributed by atoms with van der Waals surface area (Å²) in [4.78, 5) is 23.2. The number of thioether (sulfide) groups is 1. The summed E-state index contributed by atoms with van der Waals surface area (Å²) in [7, 11) is 0. The standard InChI is InChI=1S/C17H15NO4S/c19-16-10-13(12-6-8-14(9-7-12)18(20)21)11-17(22-16)23-15-4-2-1-3-5-15/h1-9,13,17H,10-11H2/t13-,17-/m0/s1. The van der Waals surface area contributed by atoms with Crippen molar-refractivity contribution in [3.8, 4) is 0 Å². The Morgan fingerprint density at radius 2 is 1.78 bits per heavy atom. The van der Waals surface area contributed by atoms with Crippen LogP contribution in [-0.4, -0.2) is 16.3 Å². The van der Waals surface area contributed by atoms with Crippen molar-refractivity contribution in [2.75, 3.05) is 0 Å². The number of benzene rings is 2. The summed E-state index contributed by atoms with van der Waals surface area (Å²) >= 11 is 1.52. The number of esters is 1. The van der Waals surface area contributed by atoms with Gasteiger partial charge >= 0.3 is 5.97 Å². The van der Waals surface area contributed by atoms with Crippen molar-refractivity contribution in [3.05, 3.63) is 70.3 Å². The third kappa shape index (κ3) is 3.90. The first-order valence-corrected chi connectivity index (χ1v) is 8.15. The molecule has 1 aliphatic heterocycles. The van der Waals surface area contributed by atoms with E-state index in [1.54, 1.807) is 12.1 Å². The molecular weight excluding hydrogens is 314 g/mol. The van der Waals surface area contributed by atoms with Crippen LogP contribution in [0.2, 0.25) is 0 Å². The highest BCUT2D eigenvalue weighted by molar-refractivity contribution is 7.99. The Morgan fingerprint density at radius 1 is 1.09 bits per heavy atom. The van der Waals surface area contributed by atoms with E-state index in [4.69, 9.17) is 4.74 Å². The minimum atomic E-state index is -0.424. The molecule has 23 heavy (non-hydrogen) atoms. The lowest BCUT2D eigenvalue weighted by Crippen LogP contribution is -2.26. The minimum Gasteiger partial charge on any atom is -0.451 e. The Morgan fingerprint density at radius 3 is 2.43 bits per heavy atom. The number of rotatable bonds is 4. The van der Waals surface area contributed by atoms with Gasteiger partial charge in [0.2, 0.25) is 0 Å². The average Bonchev–Trinajstić information content (AvgIpc) is 2.55. The molecule has 2 aromatic carbocycles. The third-order valence-corrected chi connectivity index (χ3v) is 4.83. The van der Waals surface area contributed by atoms with E-state index in [-0.39, 0.29) is 23.0 Å². The summed E-state index contributed by atoms with van der Waals surface area (Å²) in [5, 5.41) is 10.7. The highest BCUT2D eigenvalue weighted by Crippen LogP contribution is 2.38. The average molecular weight is 329 g/mol. The molecule has 0 aliphatic carbocycles. The van der Waals surface area contributed by atoms with Crippen molar-refractivity contribution in [1.82, 2.24) is 0 Å². The topological polar surface area (TPSA) is 69.4 Å². The lowest BCUT2D eigenvalue weighted by Gasteiger charge is -2.28. The summed E-state index contributed by atoms with van der Waals surface area (Å²) in [6, 6.07) is 16.2. The van der Waals surface area contributed by atoms with Crippen LogP contribution in [-0.2, 0) is 9.53 Å². The molecule has 1 fully saturated rings. The number of hydrogen-bond donors (Lipinski definition) is 0.